The lowest BCUT2D eigenvalue weighted by Crippen LogP contribution is -2.71. The molecule has 8 aromatic carbocycles. The number of benzene rings is 8. The quantitative estimate of drug-likeness (QED) is 0.0290. The van der Waals surface area contributed by atoms with E-state index in [1.54, 1.807) is 7.11 Å². The van der Waals surface area contributed by atoms with Crippen LogP contribution >= 0.6 is 0 Å². The first-order valence-electron chi connectivity index (χ1n) is 36.0. The molecule has 3 aliphatic rings. The van der Waals surface area contributed by atoms with Crippen molar-refractivity contribution < 1.29 is 90.2 Å². The smallest absolute Gasteiger partial charge is 0.303 e. The number of ether oxygens (including phenoxy) is 15. The van der Waals surface area contributed by atoms with Crippen LogP contribution in [0.25, 0.3) is 0 Å². The molecule has 19 nitrogen and oxygen atoms in total. The van der Waals surface area contributed by atoms with Crippen LogP contribution in [0.2, 0.25) is 18.1 Å². The molecule has 0 aromatic heterocycles. The van der Waals surface area contributed by atoms with Crippen molar-refractivity contribution in [2.75, 3.05) is 20.3 Å². The van der Waals surface area contributed by atoms with Crippen molar-refractivity contribution in [3.05, 3.63) is 281 Å². The number of aliphatic hydroxyl groups is 1. The molecular formula is C85H100O19Si. The van der Waals surface area contributed by atoms with Crippen molar-refractivity contribution in [1.82, 2.24) is 0 Å². The predicted molar refractivity (Wildman–Crippen MR) is 395 cm³/mol. The summed E-state index contributed by atoms with van der Waals surface area (Å²) in [5, 5.41) is 11.5. The van der Waals surface area contributed by atoms with Gasteiger partial charge >= 0.3 is 11.9 Å². The molecule has 2 saturated heterocycles. The Labute approximate surface area is 618 Å². The molecule has 0 amide bonds. The molecule has 3 fully saturated rings. The van der Waals surface area contributed by atoms with Crippen molar-refractivity contribution in [2.24, 2.45) is 0 Å². The first kappa shape index (κ1) is 78.2. The van der Waals surface area contributed by atoms with Gasteiger partial charge in [0.15, 0.2) is 33.1 Å². The molecule has 20 heteroatoms. The van der Waals surface area contributed by atoms with Gasteiger partial charge in [0.1, 0.15) is 79.0 Å². The molecule has 11 rings (SSSR count). The first-order valence-corrected chi connectivity index (χ1v) is 39.0. The van der Waals surface area contributed by atoms with Crippen LogP contribution in [0.4, 0.5) is 0 Å². The fourth-order valence-corrected chi connectivity index (χ4v) is 14.0. The second-order valence-corrected chi connectivity index (χ2v) is 33.0. The molecule has 16 atom stereocenters. The highest BCUT2D eigenvalue weighted by Gasteiger charge is 2.61. The zero-order valence-electron chi connectivity index (χ0n) is 61.1. The minimum atomic E-state index is -2.59. The third-order valence-electron chi connectivity index (χ3n) is 19.5. The standard InChI is InChI=1S/C85H100O19Si/c1-58(87)99-81-73(92-51-62-34-20-11-21-35-62)71(90-49-60-30-16-9-17-31-60)69(48-86)101-83(81)103-79-76(95-54-65-40-26-14-27-41-65)75(94-53-64-38-24-13-25-39-64)77(96-55-66-42-28-15-29-43-66)80(78(79)97-56-67-44-46-68(89-6)47-45-67)104-84-82(100-59(2)88)74(93-52-63-36-22-12-23-37-63)72(91-50-61-32-18-10-19-33-61)70(102-84)57-98-105(7,8)85(3,4)5/h9-47,69-84,86H,48-57H2,1-8H3/t69-,70-,71-,72-,73+,74+,75+,76+,77-,78+,79-,80-,81+,82+,83-,84-/m1/s1. The van der Waals surface area contributed by atoms with E-state index in [9.17, 15) is 14.7 Å². The Hall–Kier alpha value is -7.84. The predicted octanol–water partition coefficient (Wildman–Crippen LogP) is 13.8. The van der Waals surface area contributed by atoms with Crippen LogP contribution in [-0.4, -0.2) is 144 Å². The highest BCUT2D eigenvalue weighted by atomic mass is 28.4. The van der Waals surface area contributed by atoms with Crippen LogP contribution < -0.4 is 4.74 Å². The van der Waals surface area contributed by atoms with E-state index in [1.165, 1.54) is 13.8 Å². The van der Waals surface area contributed by atoms with Crippen molar-refractivity contribution in [2.45, 2.75) is 204 Å². The van der Waals surface area contributed by atoms with E-state index in [4.69, 9.17) is 75.5 Å². The lowest BCUT2D eigenvalue weighted by Gasteiger charge is -2.53. The topological polar surface area (TPSA) is 202 Å². The fourth-order valence-electron chi connectivity index (χ4n) is 13.0. The maximum Gasteiger partial charge on any atom is 0.303 e. The van der Waals surface area contributed by atoms with Gasteiger partial charge in [-0.3, -0.25) is 9.59 Å². The number of aliphatic hydroxyl groups excluding tert-OH is 1. The molecule has 105 heavy (non-hydrogen) atoms. The number of hydrogen-bond acceptors (Lipinski definition) is 19. The zero-order valence-corrected chi connectivity index (χ0v) is 62.1. The molecule has 8 aromatic rings. The zero-order chi connectivity index (χ0) is 73.6. The van der Waals surface area contributed by atoms with Crippen molar-refractivity contribution in [3.8, 4) is 5.75 Å². The summed E-state index contributed by atoms with van der Waals surface area (Å²) in [5.74, 6) is -0.723. The summed E-state index contributed by atoms with van der Waals surface area (Å²) in [7, 11) is -0.989. The van der Waals surface area contributed by atoms with Gasteiger partial charge in [0, 0.05) is 13.8 Å². The lowest BCUT2D eigenvalue weighted by atomic mass is 9.83. The highest BCUT2D eigenvalue weighted by molar-refractivity contribution is 6.74. The molecule has 1 aliphatic carbocycles. The van der Waals surface area contributed by atoms with Crippen LogP contribution in [0, 0.1) is 0 Å². The Morgan fingerprint density at radius 2 is 0.600 bits per heavy atom. The third kappa shape index (κ3) is 21.9. The molecular weight excluding hydrogens is 1350 g/mol. The molecule has 1 saturated carbocycles. The number of hydrogen-bond donors (Lipinski definition) is 1. The molecule has 2 aliphatic heterocycles. The van der Waals surface area contributed by atoms with Crippen LogP contribution in [0.15, 0.2) is 237 Å². The first-order chi connectivity index (χ1) is 51.0. The van der Waals surface area contributed by atoms with Gasteiger partial charge in [-0.05, 0) is 74.8 Å². The molecule has 558 valence electrons. The summed E-state index contributed by atoms with van der Waals surface area (Å²) < 4.78 is 114. The van der Waals surface area contributed by atoms with E-state index in [0.29, 0.717) is 5.75 Å². The second kappa shape index (κ2) is 38.6. The fraction of sp³-hybridized carbons (Fsp3) is 0.412. The van der Waals surface area contributed by atoms with Crippen LogP contribution in [0.5, 0.6) is 5.75 Å². The number of esters is 2. The SMILES string of the molecule is COc1ccc(CO[C@@H]2[C@H](O[C@H]3O[C@H](CO[Si](C)(C)C(C)(C)C)[C@@H](OCc4ccccc4)[C@H](OCc4ccccc4)[C@@H]3OC(C)=O)[C@H](OCc3ccccc3)[C@@H](OCc3ccccc3)[C@H](OCc3ccccc3)[C@H]2O[C@H]2O[C@H](CO)[C@@H](OCc3ccccc3)[C@H](OCc3ccccc3)[C@@H]2OC(C)=O)cc1. The Bertz CT molecular complexity index is 3830. The van der Waals surface area contributed by atoms with Gasteiger partial charge in [0.25, 0.3) is 0 Å². The lowest BCUT2D eigenvalue weighted by molar-refractivity contribution is -0.379. The van der Waals surface area contributed by atoms with Gasteiger partial charge in [-0.1, -0.05) is 245 Å². The van der Waals surface area contributed by atoms with E-state index in [1.807, 2.05) is 237 Å². The Morgan fingerprint density at radius 3 is 0.876 bits per heavy atom. The molecule has 0 spiro atoms. The Balaban J connectivity index is 1.11. The van der Waals surface area contributed by atoms with E-state index in [-0.39, 0.29) is 64.5 Å². The van der Waals surface area contributed by atoms with E-state index in [2.05, 4.69) is 33.9 Å². The molecule has 0 radical (unpaired) electrons. The van der Waals surface area contributed by atoms with Gasteiger partial charge < -0.3 is 80.6 Å². The van der Waals surface area contributed by atoms with Gasteiger partial charge in [-0.25, -0.2) is 0 Å². The minimum Gasteiger partial charge on any atom is -0.497 e. The van der Waals surface area contributed by atoms with E-state index < -0.39 is 125 Å². The maximum absolute atomic E-state index is 14.2. The molecule has 0 bridgehead atoms. The van der Waals surface area contributed by atoms with Gasteiger partial charge in [-0.2, -0.15) is 0 Å². The number of carbonyl (C=O) groups is 2. The maximum atomic E-state index is 14.2. The highest BCUT2D eigenvalue weighted by Crippen LogP contribution is 2.43. The van der Waals surface area contributed by atoms with Gasteiger partial charge in [0.05, 0.1) is 73.2 Å². The normalized spacial score (nSPS) is 25.6. The monoisotopic (exact) mass is 1450 g/mol. The van der Waals surface area contributed by atoms with Gasteiger partial charge in [0.2, 0.25) is 0 Å². The Morgan fingerprint density at radius 1 is 0.352 bits per heavy atom. The van der Waals surface area contributed by atoms with E-state index >= 15 is 0 Å². The van der Waals surface area contributed by atoms with Crippen LogP contribution in [0.1, 0.15) is 79.1 Å². The summed E-state index contributed by atoms with van der Waals surface area (Å²) in [6.07, 6.45) is -20.0. The van der Waals surface area contributed by atoms with Crippen molar-refractivity contribution >= 4 is 20.3 Å². The Kier molecular flexibility index (Phi) is 28.8. The number of rotatable bonds is 35. The third-order valence-corrected chi connectivity index (χ3v) is 24.0. The average molecular weight is 1450 g/mol. The van der Waals surface area contributed by atoms with Gasteiger partial charge in [-0.15, -0.1) is 0 Å². The summed E-state index contributed by atoms with van der Waals surface area (Å²) in [6, 6.07) is 75.2. The summed E-state index contributed by atoms with van der Waals surface area (Å²) in [4.78, 5) is 28.2. The summed E-state index contributed by atoms with van der Waals surface area (Å²) in [5.41, 5.74) is 6.54. The summed E-state index contributed by atoms with van der Waals surface area (Å²) >= 11 is 0. The second-order valence-electron chi connectivity index (χ2n) is 28.1. The molecule has 1 N–H and O–H groups in total. The van der Waals surface area contributed by atoms with Crippen LogP contribution in [-0.2, 0) is 133 Å². The molecule has 2 heterocycles. The average Bonchev–Trinajstić information content (AvgIpc) is 0.748. The summed E-state index contributed by atoms with van der Waals surface area (Å²) in [6.45, 7) is 13.2. The van der Waals surface area contributed by atoms with Crippen LogP contribution in [0.3, 0.4) is 0 Å². The van der Waals surface area contributed by atoms with Crippen molar-refractivity contribution in [3.63, 3.8) is 0 Å². The molecule has 0 unspecified atom stereocenters. The number of carbonyl (C=O) groups excluding carboxylic acids is 2. The minimum absolute atomic E-state index is 0.00996. The van der Waals surface area contributed by atoms with Crippen molar-refractivity contribution in [1.29, 1.82) is 0 Å². The number of methoxy groups -OCH3 is 1. The van der Waals surface area contributed by atoms with E-state index in [0.717, 1.165) is 44.5 Å². The largest absolute Gasteiger partial charge is 0.497 e.